The average Bonchev–Trinajstić information content (AvgIpc) is 2.88. The number of benzene rings is 3. The Morgan fingerprint density at radius 3 is 1.54 bits per heavy atom. The van der Waals surface area contributed by atoms with Crippen LogP contribution in [0.1, 0.15) is 64.5 Å². The summed E-state index contributed by atoms with van der Waals surface area (Å²) in [5.74, 6) is -0.0945. The lowest BCUT2D eigenvalue weighted by Gasteiger charge is -2.24. The van der Waals surface area contributed by atoms with Gasteiger partial charge in [0.15, 0.2) is 17.8 Å². The Bertz CT molecular complexity index is 1200. The molecule has 0 aromatic heterocycles. The number of rotatable bonds is 11. The van der Waals surface area contributed by atoms with Crippen molar-refractivity contribution in [3.8, 4) is 11.5 Å². The molecule has 3 aromatic carbocycles. The summed E-state index contributed by atoms with van der Waals surface area (Å²) in [6.07, 6.45) is -1.59. The Balaban J connectivity index is 1.90. The van der Waals surface area contributed by atoms with Gasteiger partial charge < -0.3 is 28.4 Å². The monoisotopic (exact) mass is 564 g/mol. The molecule has 0 radical (unpaired) electrons. The number of hydrogen-bond donors (Lipinski definition) is 0. The molecule has 0 aliphatic carbocycles. The standard InChI is InChI=1S/C33H40O8/c1-32(2,3)40-30(34)38-27-19-13-18-26(28(27)39-31(35)41-33(4,5)6)29(36-22-20-24-14-9-7-10-15-24)37-23-21-25-16-11-8-12-17-25/h7-19,29H,20-23H2,1-6H3. The van der Waals surface area contributed by atoms with E-state index in [2.05, 4.69) is 0 Å². The van der Waals surface area contributed by atoms with Crippen LogP contribution in [0, 0.1) is 0 Å². The number of para-hydroxylation sites is 1. The highest BCUT2D eigenvalue weighted by atomic mass is 16.8. The molecule has 0 saturated carbocycles. The van der Waals surface area contributed by atoms with Gasteiger partial charge in [-0.3, -0.25) is 0 Å². The van der Waals surface area contributed by atoms with Crippen molar-refractivity contribution in [2.24, 2.45) is 0 Å². The maximum Gasteiger partial charge on any atom is 0.514 e. The van der Waals surface area contributed by atoms with Crippen molar-refractivity contribution in [1.29, 1.82) is 0 Å². The third-order valence-electron chi connectivity index (χ3n) is 5.43. The minimum Gasteiger partial charge on any atom is -0.428 e. The maximum absolute atomic E-state index is 12.8. The summed E-state index contributed by atoms with van der Waals surface area (Å²) in [6, 6.07) is 24.7. The first-order valence-electron chi connectivity index (χ1n) is 13.7. The molecular formula is C33H40O8. The molecule has 41 heavy (non-hydrogen) atoms. The van der Waals surface area contributed by atoms with E-state index < -0.39 is 29.8 Å². The van der Waals surface area contributed by atoms with Crippen LogP contribution in [0.15, 0.2) is 78.9 Å². The van der Waals surface area contributed by atoms with Gasteiger partial charge in [-0.1, -0.05) is 66.7 Å². The van der Waals surface area contributed by atoms with Crippen LogP contribution in [0.25, 0.3) is 0 Å². The molecule has 8 heteroatoms. The van der Waals surface area contributed by atoms with Crippen molar-refractivity contribution < 1.29 is 38.0 Å². The SMILES string of the molecule is CC(C)(C)OC(=O)Oc1cccc(C(OCCc2ccccc2)OCCc2ccccc2)c1OC(=O)OC(C)(C)C. The normalized spacial score (nSPS) is 11.7. The van der Waals surface area contributed by atoms with Crippen LogP contribution in [0.5, 0.6) is 11.5 Å². The second-order valence-corrected chi connectivity index (χ2v) is 11.4. The Hall–Kier alpha value is -3.88. The van der Waals surface area contributed by atoms with Crippen LogP contribution in [0.4, 0.5) is 9.59 Å². The Labute approximate surface area is 242 Å². The van der Waals surface area contributed by atoms with Gasteiger partial charge in [-0.25, -0.2) is 9.59 Å². The molecule has 0 aliphatic heterocycles. The summed E-state index contributed by atoms with van der Waals surface area (Å²) >= 11 is 0. The number of ether oxygens (including phenoxy) is 6. The second kappa shape index (κ2) is 14.7. The van der Waals surface area contributed by atoms with Gasteiger partial charge in [0, 0.05) is 0 Å². The molecule has 3 rings (SSSR count). The van der Waals surface area contributed by atoms with Crippen LogP contribution in [0.2, 0.25) is 0 Å². The van der Waals surface area contributed by atoms with Crippen LogP contribution in [0.3, 0.4) is 0 Å². The van der Waals surface area contributed by atoms with Crippen LogP contribution in [-0.4, -0.2) is 36.7 Å². The number of hydrogen-bond acceptors (Lipinski definition) is 8. The van der Waals surface area contributed by atoms with Gasteiger partial charge in [0.25, 0.3) is 0 Å². The van der Waals surface area contributed by atoms with Crippen LogP contribution >= 0.6 is 0 Å². The van der Waals surface area contributed by atoms with Crippen LogP contribution < -0.4 is 9.47 Å². The van der Waals surface area contributed by atoms with Gasteiger partial charge in [0.2, 0.25) is 0 Å². The zero-order valence-electron chi connectivity index (χ0n) is 24.7. The third kappa shape index (κ3) is 11.6. The average molecular weight is 565 g/mol. The van der Waals surface area contributed by atoms with E-state index in [1.165, 1.54) is 6.07 Å². The van der Waals surface area contributed by atoms with Gasteiger partial charge in [-0.2, -0.15) is 0 Å². The quantitative estimate of drug-likeness (QED) is 0.132. The van der Waals surface area contributed by atoms with E-state index in [0.29, 0.717) is 31.6 Å². The molecule has 0 bridgehead atoms. The largest absolute Gasteiger partial charge is 0.514 e. The molecule has 0 fully saturated rings. The Morgan fingerprint density at radius 1 is 0.610 bits per heavy atom. The highest BCUT2D eigenvalue weighted by Gasteiger charge is 2.28. The number of carbonyl (C=O) groups excluding carboxylic acids is 2. The number of carbonyl (C=O) groups is 2. The van der Waals surface area contributed by atoms with Crippen LogP contribution in [-0.2, 0) is 31.8 Å². The molecule has 0 atom stereocenters. The predicted molar refractivity (Wildman–Crippen MR) is 155 cm³/mol. The molecule has 0 aliphatic rings. The van der Waals surface area contributed by atoms with Gasteiger partial charge in [-0.15, -0.1) is 0 Å². The fraction of sp³-hybridized carbons (Fsp3) is 0.394. The third-order valence-corrected chi connectivity index (χ3v) is 5.43. The van der Waals surface area contributed by atoms with Gasteiger partial charge in [0.1, 0.15) is 11.2 Å². The molecule has 0 spiro atoms. The molecule has 3 aromatic rings. The minimum atomic E-state index is -0.966. The second-order valence-electron chi connectivity index (χ2n) is 11.4. The van der Waals surface area contributed by atoms with E-state index in [4.69, 9.17) is 28.4 Å². The van der Waals surface area contributed by atoms with Crippen molar-refractivity contribution in [2.45, 2.75) is 71.9 Å². The van der Waals surface area contributed by atoms with E-state index >= 15 is 0 Å². The Kier molecular flexibility index (Phi) is 11.3. The molecule has 0 saturated heterocycles. The van der Waals surface area contributed by atoms with Gasteiger partial charge in [-0.05, 0) is 77.6 Å². The first kappa shape index (κ1) is 31.6. The van der Waals surface area contributed by atoms with E-state index in [9.17, 15) is 9.59 Å². The molecule has 0 N–H and O–H groups in total. The molecule has 0 unspecified atom stereocenters. The van der Waals surface area contributed by atoms with Crippen molar-refractivity contribution in [3.05, 3.63) is 95.6 Å². The first-order valence-corrected chi connectivity index (χ1v) is 13.7. The highest BCUT2D eigenvalue weighted by Crippen LogP contribution is 2.38. The zero-order chi connectivity index (χ0) is 29.9. The zero-order valence-corrected chi connectivity index (χ0v) is 24.7. The maximum atomic E-state index is 12.8. The summed E-state index contributed by atoms with van der Waals surface area (Å²) in [6.45, 7) is 11.0. The summed E-state index contributed by atoms with van der Waals surface area (Å²) in [5.41, 5.74) is 0.962. The predicted octanol–water partition coefficient (Wildman–Crippen LogP) is 7.83. The lowest BCUT2D eigenvalue weighted by atomic mass is 10.1. The summed E-state index contributed by atoms with van der Waals surface area (Å²) in [4.78, 5) is 25.3. The van der Waals surface area contributed by atoms with Crippen molar-refractivity contribution >= 4 is 12.3 Å². The highest BCUT2D eigenvalue weighted by molar-refractivity contribution is 5.70. The fourth-order valence-corrected chi connectivity index (χ4v) is 3.71. The van der Waals surface area contributed by atoms with Gasteiger partial charge >= 0.3 is 12.3 Å². The topological polar surface area (TPSA) is 89.5 Å². The van der Waals surface area contributed by atoms with Crippen molar-refractivity contribution in [2.75, 3.05) is 13.2 Å². The van der Waals surface area contributed by atoms with Crippen molar-refractivity contribution in [1.82, 2.24) is 0 Å². The van der Waals surface area contributed by atoms with E-state index in [1.54, 1.807) is 53.7 Å². The molecule has 0 amide bonds. The lowest BCUT2D eigenvalue weighted by molar-refractivity contribution is -0.146. The van der Waals surface area contributed by atoms with Gasteiger partial charge in [0.05, 0.1) is 18.8 Å². The van der Waals surface area contributed by atoms with E-state index in [0.717, 1.165) is 11.1 Å². The molecule has 220 valence electrons. The molecule has 0 heterocycles. The molecular weight excluding hydrogens is 524 g/mol. The van der Waals surface area contributed by atoms with Crippen molar-refractivity contribution in [3.63, 3.8) is 0 Å². The lowest BCUT2D eigenvalue weighted by Crippen LogP contribution is -2.28. The minimum absolute atomic E-state index is 0.0362. The summed E-state index contributed by atoms with van der Waals surface area (Å²) in [7, 11) is 0. The first-order chi connectivity index (χ1) is 19.4. The Morgan fingerprint density at radius 2 is 1.07 bits per heavy atom. The van der Waals surface area contributed by atoms with E-state index in [-0.39, 0.29) is 11.5 Å². The van der Waals surface area contributed by atoms with E-state index in [1.807, 2.05) is 60.7 Å². The summed E-state index contributed by atoms with van der Waals surface area (Å²) in [5, 5.41) is 0. The summed E-state index contributed by atoms with van der Waals surface area (Å²) < 4.78 is 34.2. The molecule has 8 nitrogen and oxygen atoms in total. The fourth-order valence-electron chi connectivity index (χ4n) is 3.71. The smallest absolute Gasteiger partial charge is 0.428 e.